The number of hydrogen-bond donors (Lipinski definition) is 3. The van der Waals surface area contributed by atoms with E-state index in [2.05, 4.69) is 15.3 Å². The highest BCUT2D eigenvalue weighted by molar-refractivity contribution is 5.73. The Bertz CT molecular complexity index is 568. The van der Waals surface area contributed by atoms with Crippen LogP contribution in [0.3, 0.4) is 0 Å². The van der Waals surface area contributed by atoms with Gasteiger partial charge in [-0.05, 0) is 25.0 Å². The van der Waals surface area contributed by atoms with E-state index in [1.165, 1.54) is 19.3 Å². The fourth-order valence-corrected chi connectivity index (χ4v) is 3.05. The molecule has 1 aliphatic rings. The van der Waals surface area contributed by atoms with Crippen molar-refractivity contribution >= 4 is 17.0 Å². The standard InChI is InChI=1S/C14H21N5/c1-16-11-6-5-10-12(18-11)19-13(17-10)14(9-15)7-3-2-4-8-14/h5-6H,2-4,7-9,15H2,1H3,(H2,16,17,18,19). The number of nitrogens with zero attached hydrogens (tertiary/aromatic N) is 2. The Labute approximate surface area is 113 Å². The number of rotatable bonds is 3. The minimum atomic E-state index is 0.0265. The van der Waals surface area contributed by atoms with Crippen molar-refractivity contribution in [2.75, 3.05) is 18.9 Å². The van der Waals surface area contributed by atoms with Crippen molar-refractivity contribution in [3.63, 3.8) is 0 Å². The first-order valence-corrected chi connectivity index (χ1v) is 7.02. The molecule has 0 radical (unpaired) electrons. The third-order valence-electron chi connectivity index (χ3n) is 4.31. The number of hydrogen-bond acceptors (Lipinski definition) is 4. The number of anilines is 1. The number of aromatic nitrogens is 3. The molecule has 0 aromatic carbocycles. The largest absolute Gasteiger partial charge is 0.373 e. The van der Waals surface area contributed by atoms with Crippen molar-refractivity contribution in [3.05, 3.63) is 18.0 Å². The summed E-state index contributed by atoms with van der Waals surface area (Å²) in [5.41, 5.74) is 7.85. The van der Waals surface area contributed by atoms with E-state index in [0.717, 1.165) is 35.6 Å². The van der Waals surface area contributed by atoms with Gasteiger partial charge in [0.05, 0.1) is 5.52 Å². The zero-order chi connectivity index (χ0) is 13.3. The molecule has 0 aliphatic heterocycles. The van der Waals surface area contributed by atoms with Gasteiger partial charge in [-0.2, -0.15) is 0 Å². The Morgan fingerprint density at radius 1 is 1.26 bits per heavy atom. The van der Waals surface area contributed by atoms with Crippen molar-refractivity contribution in [1.29, 1.82) is 0 Å². The minimum Gasteiger partial charge on any atom is -0.373 e. The fourth-order valence-electron chi connectivity index (χ4n) is 3.05. The summed E-state index contributed by atoms with van der Waals surface area (Å²) in [5, 5.41) is 3.04. The third kappa shape index (κ3) is 2.08. The van der Waals surface area contributed by atoms with E-state index in [1.54, 1.807) is 0 Å². The van der Waals surface area contributed by atoms with Gasteiger partial charge >= 0.3 is 0 Å². The molecule has 1 aliphatic carbocycles. The van der Waals surface area contributed by atoms with Crippen LogP contribution in [-0.2, 0) is 5.41 Å². The number of H-pyrrole nitrogens is 1. The van der Waals surface area contributed by atoms with Crippen LogP contribution in [0, 0.1) is 0 Å². The summed E-state index contributed by atoms with van der Waals surface area (Å²) >= 11 is 0. The van der Waals surface area contributed by atoms with Crippen LogP contribution in [0.25, 0.3) is 11.2 Å². The molecule has 5 nitrogen and oxygen atoms in total. The molecule has 5 heteroatoms. The molecule has 4 N–H and O–H groups in total. The Morgan fingerprint density at radius 2 is 2.05 bits per heavy atom. The van der Waals surface area contributed by atoms with E-state index in [-0.39, 0.29) is 5.41 Å². The van der Waals surface area contributed by atoms with Gasteiger partial charge in [-0.1, -0.05) is 19.3 Å². The quantitative estimate of drug-likeness (QED) is 0.789. The molecule has 1 fully saturated rings. The lowest BCUT2D eigenvalue weighted by atomic mass is 9.73. The molecule has 19 heavy (non-hydrogen) atoms. The van der Waals surface area contributed by atoms with Crippen LogP contribution in [0.4, 0.5) is 5.82 Å². The smallest absolute Gasteiger partial charge is 0.179 e. The van der Waals surface area contributed by atoms with Crippen LogP contribution >= 0.6 is 0 Å². The van der Waals surface area contributed by atoms with Crippen molar-refractivity contribution in [3.8, 4) is 0 Å². The monoisotopic (exact) mass is 259 g/mol. The molecular formula is C14H21N5. The van der Waals surface area contributed by atoms with Gasteiger partial charge in [0, 0.05) is 19.0 Å². The van der Waals surface area contributed by atoms with Gasteiger partial charge in [0.1, 0.15) is 11.6 Å². The predicted molar refractivity (Wildman–Crippen MR) is 77.3 cm³/mol. The molecule has 0 unspecified atom stereocenters. The number of nitrogens with one attached hydrogen (secondary N) is 2. The molecule has 0 amide bonds. The molecule has 0 atom stereocenters. The van der Waals surface area contributed by atoms with E-state index >= 15 is 0 Å². The predicted octanol–water partition coefficient (Wildman–Crippen LogP) is 2.16. The number of pyridine rings is 1. The molecule has 2 aromatic rings. The Kier molecular flexibility index (Phi) is 3.14. The lowest BCUT2D eigenvalue weighted by Gasteiger charge is -2.34. The highest BCUT2D eigenvalue weighted by Crippen LogP contribution is 2.37. The SMILES string of the molecule is CNc1ccc2[nH]c(C3(CN)CCCCC3)nc2n1. The normalized spacial score (nSPS) is 18.6. The number of fused-ring (bicyclic) bond motifs is 1. The Hall–Kier alpha value is -1.62. The Morgan fingerprint density at radius 3 is 2.74 bits per heavy atom. The summed E-state index contributed by atoms with van der Waals surface area (Å²) in [5.74, 6) is 1.86. The molecule has 0 spiro atoms. The topological polar surface area (TPSA) is 79.6 Å². The lowest BCUT2D eigenvalue weighted by Crippen LogP contribution is -2.38. The van der Waals surface area contributed by atoms with Gasteiger partial charge < -0.3 is 16.0 Å². The van der Waals surface area contributed by atoms with Crippen LogP contribution in [0.2, 0.25) is 0 Å². The van der Waals surface area contributed by atoms with Crippen LogP contribution in [0.15, 0.2) is 12.1 Å². The molecule has 3 rings (SSSR count). The van der Waals surface area contributed by atoms with E-state index in [9.17, 15) is 0 Å². The van der Waals surface area contributed by atoms with E-state index in [0.29, 0.717) is 6.54 Å². The maximum Gasteiger partial charge on any atom is 0.179 e. The van der Waals surface area contributed by atoms with E-state index in [1.807, 2.05) is 19.2 Å². The average molecular weight is 259 g/mol. The van der Waals surface area contributed by atoms with Gasteiger partial charge in [0.2, 0.25) is 0 Å². The molecular weight excluding hydrogens is 238 g/mol. The number of aromatic amines is 1. The highest BCUT2D eigenvalue weighted by atomic mass is 15.1. The van der Waals surface area contributed by atoms with Gasteiger partial charge in [-0.25, -0.2) is 9.97 Å². The molecule has 1 saturated carbocycles. The first-order chi connectivity index (χ1) is 9.27. The first kappa shape index (κ1) is 12.4. The molecule has 2 heterocycles. The summed E-state index contributed by atoms with van der Waals surface area (Å²) in [6.45, 7) is 0.658. The molecule has 102 valence electrons. The second-order valence-corrected chi connectivity index (χ2v) is 5.45. The maximum atomic E-state index is 6.06. The van der Waals surface area contributed by atoms with Crippen LogP contribution in [0.5, 0.6) is 0 Å². The summed E-state index contributed by atoms with van der Waals surface area (Å²) in [7, 11) is 1.87. The Balaban J connectivity index is 2.03. The minimum absolute atomic E-state index is 0.0265. The number of nitrogens with two attached hydrogens (primary N) is 1. The highest BCUT2D eigenvalue weighted by Gasteiger charge is 2.35. The van der Waals surface area contributed by atoms with Crippen molar-refractivity contribution < 1.29 is 0 Å². The summed E-state index contributed by atoms with van der Waals surface area (Å²) in [6.07, 6.45) is 6.04. The van der Waals surface area contributed by atoms with Gasteiger partial charge in [-0.3, -0.25) is 0 Å². The fraction of sp³-hybridized carbons (Fsp3) is 0.571. The van der Waals surface area contributed by atoms with Crippen molar-refractivity contribution in [2.24, 2.45) is 5.73 Å². The molecule has 2 aromatic heterocycles. The molecule has 0 bridgehead atoms. The zero-order valence-corrected chi connectivity index (χ0v) is 11.4. The van der Waals surface area contributed by atoms with E-state index < -0.39 is 0 Å². The van der Waals surface area contributed by atoms with Gasteiger partial charge in [0.15, 0.2) is 5.65 Å². The van der Waals surface area contributed by atoms with Crippen LogP contribution in [0.1, 0.15) is 37.9 Å². The van der Waals surface area contributed by atoms with Crippen molar-refractivity contribution in [1.82, 2.24) is 15.0 Å². The molecule has 0 saturated heterocycles. The summed E-state index contributed by atoms with van der Waals surface area (Å²) < 4.78 is 0. The van der Waals surface area contributed by atoms with Crippen molar-refractivity contribution in [2.45, 2.75) is 37.5 Å². The van der Waals surface area contributed by atoms with Crippen LogP contribution < -0.4 is 11.1 Å². The second kappa shape index (κ2) is 4.81. The second-order valence-electron chi connectivity index (χ2n) is 5.45. The maximum absolute atomic E-state index is 6.06. The number of imidazole rings is 1. The summed E-state index contributed by atoms with van der Waals surface area (Å²) in [4.78, 5) is 12.6. The van der Waals surface area contributed by atoms with E-state index in [4.69, 9.17) is 10.7 Å². The zero-order valence-electron chi connectivity index (χ0n) is 11.4. The average Bonchev–Trinajstić information content (AvgIpc) is 2.91. The summed E-state index contributed by atoms with van der Waals surface area (Å²) in [6, 6.07) is 3.98. The van der Waals surface area contributed by atoms with Gasteiger partial charge in [-0.15, -0.1) is 0 Å². The first-order valence-electron chi connectivity index (χ1n) is 7.02. The lowest BCUT2D eigenvalue weighted by molar-refractivity contribution is 0.288. The van der Waals surface area contributed by atoms with Crippen LogP contribution in [-0.4, -0.2) is 28.5 Å². The van der Waals surface area contributed by atoms with Gasteiger partial charge in [0.25, 0.3) is 0 Å². The third-order valence-corrected chi connectivity index (χ3v) is 4.31.